The molecule has 0 aromatic heterocycles. The monoisotopic (exact) mass is 294 g/mol. The van der Waals surface area contributed by atoms with Crippen molar-refractivity contribution in [2.75, 3.05) is 25.2 Å². The maximum atomic E-state index is 11.9. The summed E-state index contributed by atoms with van der Waals surface area (Å²) in [7, 11) is 1.66. The molecule has 1 atom stereocenters. The molecule has 0 spiro atoms. The number of nitrogens with one attached hydrogen (secondary N) is 2. The lowest BCUT2D eigenvalue weighted by Gasteiger charge is -2.22. The molecule has 2 rings (SSSR count). The van der Waals surface area contributed by atoms with Crippen LogP contribution in [-0.4, -0.2) is 37.1 Å². The van der Waals surface area contributed by atoms with Gasteiger partial charge in [0.1, 0.15) is 5.75 Å². The smallest absolute Gasteiger partial charge is 0.221 e. The van der Waals surface area contributed by atoms with Gasteiger partial charge in [-0.1, -0.05) is 12.1 Å². The molecule has 1 aliphatic heterocycles. The van der Waals surface area contributed by atoms with Crippen LogP contribution in [-0.2, 0) is 11.3 Å². The first kappa shape index (κ1) is 15.2. The van der Waals surface area contributed by atoms with Crippen molar-refractivity contribution in [2.24, 2.45) is 0 Å². The van der Waals surface area contributed by atoms with Gasteiger partial charge < -0.3 is 15.4 Å². The summed E-state index contributed by atoms with van der Waals surface area (Å²) < 4.78 is 5.29. The molecule has 0 aliphatic carbocycles. The Kier molecular flexibility index (Phi) is 5.73. The van der Waals surface area contributed by atoms with Crippen LogP contribution in [0.25, 0.3) is 0 Å². The molecule has 0 bridgehead atoms. The molecule has 110 valence electrons. The topological polar surface area (TPSA) is 50.4 Å². The third kappa shape index (κ3) is 4.42. The molecule has 1 aromatic carbocycles. The summed E-state index contributed by atoms with van der Waals surface area (Å²) in [5, 5.41) is 6.35. The number of amides is 1. The van der Waals surface area contributed by atoms with Crippen molar-refractivity contribution >= 4 is 17.7 Å². The summed E-state index contributed by atoms with van der Waals surface area (Å²) in [5.41, 5.74) is 2.16. The Labute approximate surface area is 124 Å². The number of carbonyl (C=O) groups excluding carboxylic acids is 1. The van der Waals surface area contributed by atoms with Gasteiger partial charge in [-0.3, -0.25) is 4.79 Å². The largest absolute Gasteiger partial charge is 0.496 e. The molecule has 1 heterocycles. The van der Waals surface area contributed by atoms with E-state index in [1.165, 1.54) is 0 Å². The molecule has 1 aliphatic rings. The lowest BCUT2D eigenvalue weighted by atomic mass is 10.1. The zero-order valence-corrected chi connectivity index (χ0v) is 12.9. The number of aryl methyl sites for hydroxylation is 1. The van der Waals surface area contributed by atoms with E-state index in [0.29, 0.717) is 19.0 Å². The zero-order valence-electron chi connectivity index (χ0n) is 12.1. The van der Waals surface area contributed by atoms with Gasteiger partial charge in [-0.15, -0.1) is 0 Å². The summed E-state index contributed by atoms with van der Waals surface area (Å²) in [6.45, 7) is 3.56. The Morgan fingerprint density at radius 3 is 3.10 bits per heavy atom. The van der Waals surface area contributed by atoms with Crippen LogP contribution in [0.2, 0.25) is 0 Å². The van der Waals surface area contributed by atoms with Crippen LogP contribution >= 0.6 is 11.8 Å². The van der Waals surface area contributed by atoms with Crippen LogP contribution in [0, 0.1) is 6.92 Å². The highest BCUT2D eigenvalue weighted by Crippen LogP contribution is 2.18. The van der Waals surface area contributed by atoms with E-state index in [-0.39, 0.29) is 5.91 Å². The molecule has 1 saturated heterocycles. The highest BCUT2D eigenvalue weighted by molar-refractivity contribution is 7.99. The van der Waals surface area contributed by atoms with Crippen molar-refractivity contribution in [3.05, 3.63) is 29.3 Å². The Balaban J connectivity index is 1.80. The van der Waals surface area contributed by atoms with Crippen LogP contribution in [0.3, 0.4) is 0 Å². The van der Waals surface area contributed by atoms with Crippen LogP contribution in [0.1, 0.15) is 17.5 Å². The number of thioether (sulfide) groups is 1. The van der Waals surface area contributed by atoms with Crippen LogP contribution in [0.15, 0.2) is 18.2 Å². The van der Waals surface area contributed by atoms with E-state index in [4.69, 9.17) is 4.74 Å². The molecule has 4 nitrogen and oxygen atoms in total. The van der Waals surface area contributed by atoms with Gasteiger partial charge in [0.15, 0.2) is 0 Å². The lowest BCUT2D eigenvalue weighted by Crippen LogP contribution is -2.41. The highest BCUT2D eigenvalue weighted by atomic mass is 32.2. The van der Waals surface area contributed by atoms with E-state index in [0.717, 1.165) is 34.9 Å². The van der Waals surface area contributed by atoms with E-state index in [2.05, 4.69) is 10.6 Å². The number of hydrogen-bond donors (Lipinski definition) is 2. The number of methoxy groups -OCH3 is 1. The minimum Gasteiger partial charge on any atom is -0.496 e. The Bertz CT molecular complexity index is 459. The fourth-order valence-corrected chi connectivity index (χ4v) is 3.17. The molecule has 20 heavy (non-hydrogen) atoms. The van der Waals surface area contributed by atoms with Gasteiger partial charge in [-0.25, -0.2) is 0 Å². The van der Waals surface area contributed by atoms with Crippen LogP contribution in [0.4, 0.5) is 0 Å². The second kappa shape index (κ2) is 7.55. The van der Waals surface area contributed by atoms with Gasteiger partial charge in [-0.05, 0) is 24.1 Å². The standard InChI is InChI=1S/C15H22N2O2S/c1-11-3-4-12(7-14(11)19-2)9-17-15(18)8-13-10-20-6-5-16-13/h3-4,7,13,16H,5-6,8-10H2,1-2H3,(H,17,18). The molecule has 1 amide bonds. The van der Waals surface area contributed by atoms with Gasteiger partial charge in [0.2, 0.25) is 5.91 Å². The third-order valence-corrected chi connectivity index (χ3v) is 4.52. The van der Waals surface area contributed by atoms with Crippen molar-refractivity contribution < 1.29 is 9.53 Å². The predicted octanol–water partition coefficient (Wildman–Crippen LogP) is 1.71. The summed E-state index contributed by atoms with van der Waals surface area (Å²) in [6, 6.07) is 6.32. The number of carbonyl (C=O) groups is 1. The Morgan fingerprint density at radius 2 is 2.40 bits per heavy atom. The Hall–Kier alpha value is -1.20. The minimum atomic E-state index is 0.101. The average Bonchev–Trinajstić information content (AvgIpc) is 2.47. The van der Waals surface area contributed by atoms with Crippen molar-refractivity contribution in [3.8, 4) is 5.75 Å². The van der Waals surface area contributed by atoms with Crippen molar-refractivity contribution in [3.63, 3.8) is 0 Å². The van der Waals surface area contributed by atoms with Crippen molar-refractivity contribution in [1.82, 2.24) is 10.6 Å². The average molecular weight is 294 g/mol. The molecule has 2 N–H and O–H groups in total. The maximum absolute atomic E-state index is 11.9. The first-order chi connectivity index (χ1) is 9.69. The fraction of sp³-hybridized carbons (Fsp3) is 0.533. The van der Waals surface area contributed by atoms with Gasteiger partial charge in [0.05, 0.1) is 7.11 Å². The fourth-order valence-electron chi connectivity index (χ4n) is 2.22. The van der Waals surface area contributed by atoms with E-state index < -0.39 is 0 Å². The number of benzene rings is 1. The van der Waals surface area contributed by atoms with E-state index in [9.17, 15) is 4.79 Å². The number of ether oxygens (including phenoxy) is 1. The van der Waals surface area contributed by atoms with Gasteiger partial charge >= 0.3 is 0 Å². The van der Waals surface area contributed by atoms with E-state index in [1.54, 1.807) is 7.11 Å². The van der Waals surface area contributed by atoms with Gasteiger partial charge in [-0.2, -0.15) is 11.8 Å². The van der Waals surface area contributed by atoms with Crippen molar-refractivity contribution in [1.29, 1.82) is 0 Å². The van der Waals surface area contributed by atoms with Crippen LogP contribution in [0.5, 0.6) is 5.75 Å². The first-order valence-corrected chi connectivity index (χ1v) is 8.06. The van der Waals surface area contributed by atoms with Gasteiger partial charge in [0, 0.05) is 37.1 Å². The zero-order chi connectivity index (χ0) is 14.4. The predicted molar refractivity (Wildman–Crippen MR) is 83.3 cm³/mol. The molecule has 1 fully saturated rings. The van der Waals surface area contributed by atoms with E-state index in [1.807, 2.05) is 36.9 Å². The molecular formula is C15H22N2O2S. The molecule has 0 radical (unpaired) electrons. The second-order valence-electron chi connectivity index (χ2n) is 5.01. The molecule has 1 aromatic rings. The van der Waals surface area contributed by atoms with Crippen LogP contribution < -0.4 is 15.4 Å². The van der Waals surface area contributed by atoms with E-state index >= 15 is 0 Å². The minimum absolute atomic E-state index is 0.101. The Morgan fingerprint density at radius 1 is 1.55 bits per heavy atom. The SMILES string of the molecule is COc1cc(CNC(=O)CC2CSCCN2)ccc1C. The second-order valence-corrected chi connectivity index (χ2v) is 6.16. The maximum Gasteiger partial charge on any atom is 0.221 e. The highest BCUT2D eigenvalue weighted by Gasteiger charge is 2.16. The third-order valence-electron chi connectivity index (χ3n) is 3.39. The summed E-state index contributed by atoms with van der Waals surface area (Å²) >= 11 is 1.91. The van der Waals surface area contributed by atoms with Gasteiger partial charge in [0.25, 0.3) is 0 Å². The molecular weight excluding hydrogens is 272 g/mol. The number of rotatable bonds is 5. The summed E-state index contributed by atoms with van der Waals surface area (Å²) in [6.07, 6.45) is 0.552. The van der Waals surface area contributed by atoms with Crippen molar-refractivity contribution in [2.45, 2.75) is 25.9 Å². The quantitative estimate of drug-likeness (QED) is 0.868. The lowest BCUT2D eigenvalue weighted by molar-refractivity contribution is -0.121. The first-order valence-electron chi connectivity index (χ1n) is 6.90. The summed E-state index contributed by atoms with van der Waals surface area (Å²) in [4.78, 5) is 11.9. The molecule has 1 unspecified atom stereocenters. The molecule has 5 heteroatoms. The molecule has 0 saturated carbocycles. The number of hydrogen-bond acceptors (Lipinski definition) is 4. The normalized spacial score (nSPS) is 18.6. The summed E-state index contributed by atoms with van der Waals surface area (Å²) in [5.74, 6) is 3.12.